The first-order chi connectivity index (χ1) is 26.6. The fourth-order valence-corrected chi connectivity index (χ4v) is 8.49. The number of benzene rings is 1. The number of amides is 3. The number of pyridine rings is 1. The zero-order chi connectivity index (χ0) is 40.4. The molecule has 3 fully saturated rings. The summed E-state index contributed by atoms with van der Waals surface area (Å²) in [6.07, 6.45) is 5.29. The highest BCUT2D eigenvalue weighted by molar-refractivity contribution is 7.14. The molecule has 2 aromatic heterocycles. The second kappa shape index (κ2) is 16.5. The summed E-state index contributed by atoms with van der Waals surface area (Å²) in [5, 5.41) is 21.7. The number of nitrogens with one attached hydrogen (secondary N) is 4. The lowest BCUT2D eigenvalue weighted by molar-refractivity contribution is -0.146. The molecule has 2 unspecified atom stereocenters. The van der Waals surface area contributed by atoms with Gasteiger partial charge in [-0.15, -0.1) is 17.9 Å². The van der Waals surface area contributed by atoms with Crippen LogP contribution in [0.2, 0.25) is 0 Å². The molecule has 302 valence electrons. The summed E-state index contributed by atoms with van der Waals surface area (Å²) in [6, 6.07) is 2.98. The molecule has 6 rings (SSSR count). The van der Waals surface area contributed by atoms with Crippen LogP contribution >= 0.6 is 11.3 Å². The summed E-state index contributed by atoms with van der Waals surface area (Å²) < 4.78 is 17.6. The van der Waals surface area contributed by atoms with Gasteiger partial charge in [-0.3, -0.25) is 14.4 Å². The fraction of sp³-hybridized carbons (Fsp3) is 0.550. The van der Waals surface area contributed by atoms with E-state index in [1.807, 2.05) is 33.1 Å². The SMILES string of the molecule is C=CC1C[C@]1(NC(=O)C1CCCN1C(=O)[C@@H](NC(=O)OC1CCCC1)C(C)(C)CCOc1cc2c(=O)cc(-c3csc(NC(C)C)n3)[nH]c2cc1OC)C(=O)O. The third-order valence-corrected chi connectivity index (χ3v) is 11.8. The molecule has 1 aromatic carbocycles. The number of aromatic nitrogens is 2. The van der Waals surface area contributed by atoms with Gasteiger partial charge in [0.05, 0.1) is 30.6 Å². The van der Waals surface area contributed by atoms with Gasteiger partial charge in [-0.05, 0) is 76.7 Å². The molecule has 5 N–H and O–H groups in total. The van der Waals surface area contributed by atoms with Crippen LogP contribution in [0.3, 0.4) is 0 Å². The number of carbonyl (C=O) groups is 4. The Morgan fingerprint density at radius 1 is 1.14 bits per heavy atom. The summed E-state index contributed by atoms with van der Waals surface area (Å²) in [7, 11) is 1.50. The van der Waals surface area contributed by atoms with Crippen LogP contribution in [-0.2, 0) is 19.1 Å². The number of methoxy groups -OCH3 is 1. The summed E-state index contributed by atoms with van der Waals surface area (Å²) in [4.78, 5) is 76.1. The normalized spacial score (nSPS) is 21.4. The van der Waals surface area contributed by atoms with E-state index in [0.29, 0.717) is 46.6 Å². The average Bonchev–Trinajstić information content (AvgIpc) is 3.62. The van der Waals surface area contributed by atoms with Crippen molar-refractivity contribution in [3.05, 3.63) is 46.5 Å². The Hall–Kier alpha value is -5.12. The molecule has 0 radical (unpaired) electrons. The number of alkyl carbamates (subject to hydrolysis) is 1. The number of aliphatic carboxylic acids is 1. The minimum absolute atomic E-state index is 0.0758. The largest absolute Gasteiger partial charge is 0.493 e. The quantitative estimate of drug-likeness (QED) is 0.116. The van der Waals surface area contributed by atoms with Crippen LogP contribution in [0.4, 0.5) is 9.93 Å². The molecular weight excluding hydrogens is 741 g/mol. The summed E-state index contributed by atoms with van der Waals surface area (Å²) in [6.45, 7) is 11.7. The minimum atomic E-state index is -1.44. The number of rotatable bonds is 16. The molecule has 0 spiro atoms. The van der Waals surface area contributed by atoms with Crippen molar-refractivity contribution in [3.8, 4) is 22.9 Å². The van der Waals surface area contributed by atoms with E-state index >= 15 is 0 Å². The van der Waals surface area contributed by atoms with E-state index in [4.69, 9.17) is 14.2 Å². The summed E-state index contributed by atoms with van der Waals surface area (Å²) >= 11 is 1.45. The molecule has 2 aliphatic carbocycles. The number of hydrogen-bond acceptors (Lipinski definition) is 11. The number of ether oxygens (including phenoxy) is 3. The van der Waals surface area contributed by atoms with Crippen LogP contribution in [0.15, 0.2) is 41.0 Å². The molecule has 15 nitrogen and oxygen atoms in total. The number of carboxylic acids is 1. The minimum Gasteiger partial charge on any atom is -0.493 e. The van der Waals surface area contributed by atoms with Crippen LogP contribution in [0.25, 0.3) is 22.3 Å². The van der Waals surface area contributed by atoms with Crippen molar-refractivity contribution in [2.24, 2.45) is 11.3 Å². The molecule has 1 aliphatic heterocycles. The summed E-state index contributed by atoms with van der Waals surface area (Å²) in [5.74, 6) is -1.88. The Kier molecular flexibility index (Phi) is 12.0. The second-order valence-electron chi connectivity index (χ2n) is 15.9. The molecule has 4 atom stereocenters. The molecule has 3 amide bonds. The number of thiazole rings is 1. The number of aromatic amines is 1. The van der Waals surface area contributed by atoms with Crippen molar-refractivity contribution in [1.29, 1.82) is 0 Å². The van der Waals surface area contributed by atoms with E-state index in [0.717, 1.165) is 30.8 Å². The van der Waals surface area contributed by atoms with Gasteiger partial charge in [0.15, 0.2) is 22.1 Å². The van der Waals surface area contributed by atoms with Crippen LogP contribution in [0.5, 0.6) is 11.5 Å². The van der Waals surface area contributed by atoms with Gasteiger partial charge in [0, 0.05) is 41.4 Å². The number of carbonyl (C=O) groups excluding carboxylic acids is 3. The van der Waals surface area contributed by atoms with Crippen LogP contribution in [0, 0.1) is 11.3 Å². The lowest BCUT2D eigenvalue weighted by Gasteiger charge is -2.37. The first-order valence-corrected chi connectivity index (χ1v) is 20.1. The molecule has 3 heterocycles. The van der Waals surface area contributed by atoms with Crippen molar-refractivity contribution >= 4 is 51.2 Å². The van der Waals surface area contributed by atoms with Crippen molar-refractivity contribution in [2.75, 3.05) is 25.6 Å². The van der Waals surface area contributed by atoms with Crippen molar-refractivity contribution in [3.63, 3.8) is 0 Å². The van der Waals surface area contributed by atoms with E-state index in [-0.39, 0.29) is 43.6 Å². The van der Waals surface area contributed by atoms with Crippen LogP contribution in [-0.4, -0.2) is 93.9 Å². The number of nitrogens with zero attached hydrogens (tertiary/aromatic N) is 2. The van der Waals surface area contributed by atoms with E-state index < -0.39 is 52.8 Å². The van der Waals surface area contributed by atoms with E-state index in [1.165, 1.54) is 35.5 Å². The molecular formula is C40H52N6O9S. The standard InChI is InChI=1S/C40H52N6O9S/c1-7-23-20-40(23,36(50)51)45-34(48)29-13-10-15-46(29)35(49)33(44-38(52)55-24-11-8-9-12-24)39(4,5)14-16-54-32-17-25-26(19-31(32)53-6)42-27(18-30(25)47)28-21-56-37(43-28)41-22(2)3/h7,17-19,21-24,29,33H,1,8-16,20H2,2-6H3,(H,41,43)(H,42,47)(H,44,52)(H,45,48)(H,50,51)/t23?,29?,33-,40-/m1/s1. The number of hydrogen-bond donors (Lipinski definition) is 5. The van der Waals surface area contributed by atoms with Gasteiger partial charge in [0.2, 0.25) is 11.8 Å². The number of carboxylic acid groups (broad SMARTS) is 1. The van der Waals surface area contributed by atoms with Gasteiger partial charge in [-0.1, -0.05) is 19.9 Å². The van der Waals surface area contributed by atoms with Gasteiger partial charge in [-0.2, -0.15) is 0 Å². The monoisotopic (exact) mass is 792 g/mol. The highest BCUT2D eigenvalue weighted by atomic mass is 32.1. The van der Waals surface area contributed by atoms with Crippen LogP contribution in [0.1, 0.15) is 79.1 Å². The van der Waals surface area contributed by atoms with E-state index in [2.05, 4.69) is 32.5 Å². The van der Waals surface area contributed by atoms with Gasteiger partial charge < -0.3 is 45.2 Å². The third kappa shape index (κ3) is 8.64. The maximum absolute atomic E-state index is 14.4. The Balaban J connectivity index is 1.19. The molecule has 3 aliphatic rings. The van der Waals surface area contributed by atoms with Crippen molar-refractivity contribution < 1.29 is 38.5 Å². The lowest BCUT2D eigenvalue weighted by atomic mass is 9.80. The zero-order valence-corrected chi connectivity index (χ0v) is 33.4. The average molecular weight is 793 g/mol. The Labute approximate surface area is 329 Å². The fourth-order valence-electron chi connectivity index (χ4n) is 7.64. The first kappa shape index (κ1) is 40.5. The van der Waals surface area contributed by atoms with Gasteiger partial charge >= 0.3 is 12.1 Å². The lowest BCUT2D eigenvalue weighted by Crippen LogP contribution is -2.60. The molecule has 3 aromatic rings. The number of anilines is 1. The molecule has 56 heavy (non-hydrogen) atoms. The summed E-state index contributed by atoms with van der Waals surface area (Å²) in [5.41, 5.74) is -0.867. The molecule has 1 saturated heterocycles. The van der Waals surface area contributed by atoms with E-state index in [1.54, 1.807) is 12.1 Å². The Bertz CT molecular complexity index is 2040. The van der Waals surface area contributed by atoms with Crippen LogP contribution < -0.4 is 30.9 Å². The Morgan fingerprint density at radius 2 is 1.89 bits per heavy atom. The maximum Gasteiger partial charge on any atom is 0.408 e. The second-order valence-corrected chi connectivity index (χ2v) is 16.8. The highest BCUT2D eigenvalue weighted by Crippen LogP contribution is 2.45. The smallest absolute Gasteiger partial charge is 0.408 e. The number of likely N-dealkylation sites (tertiary alicyclic amines) is 1. The zero-order valence-electron chi connectivity index (χ0n) is 32.6. The topological polar surface area (TPSA) is 201 Å². The Morgan fingerprint density at radius 3 is 2.55 bits per heavy atom. The van der Waals surface area contributed by atoms with Crippen molar-refractivity contribution in [1.82, 2.24) is 25.5 Å². The number of H-pyrrole nitrogens is 1. The number of fused-ring (bicyclic) bond motifs is 1. The molecule has 16 heteroatoms. The highest BCUT2D eigenvalue weighted by Gasteiger charge is 2.61. The predicted molar refractivity (Wildman–Crippen MR) is 212 cm³/mol. The molecule has 2 saturated carbocycles. The van der Waals surface area contributed by atoms with Gasteiger partial charge in [0.25, 0.3) is 0 Å². The third-order valence-electron chi connectivity index (χ3n) is 11.0. The molecule has 0 bridgehead atoms. The van der Waals surface area contributed by atoms with Crippen molar-refractivity contribution in [2.45, 2.75) is 109 Å². The van der Waals surface area contributed by atoms with Gasteiger partial charge in [-0.25, -0.2) is 14.6 Å². The predicted octanol–water partition coefficient (Wildman–Crippen LogP) is 5.45. The van der Waals surface area contributed by atoms with E-state index in [9.17, 15) is 29.1 Å². The maximum atomic E-state index is 14.4. The first-order valence-electron chi connectivity index (χ1n) is 19.2. The van der Waals surface area contributed by atoms with Gasteiger partial charge in [0.1, 0.15) is 23.7 Å².